The molecule has 0 saturated heterocycles. The van der Waals surface area contributed by atoms with Crippen molar-refractivity contribution >= 4 is 34.5 Å². The quantitative estimate of drug-likeness (QED) is 0.772. The molecule has 2 aromatic heterocycles. The largest absolute Gasteiger partial charge is 0.368 e. The normalized spacial score (nSPS) is 11.3. The number of imidazole rings is 1. The van der Waals surface area contributed by atoms with E-state index in [0.29, 0.717) is 17.4 Å². The summed E-state index contributed by atoms with van der Waals surface area (Å²) in [6.07, 6.45) is 1.76. The summed E-state index contributed by atoms with van der Waals surface area (Å²) in [4.78, 5) is 13.0. The third-order valence-corrected chi connectivity index (χ3v) is 3.62. The van der Waals surface area contributed by atoms with Crippen LogP contribution in [0, 0.1) is 0 Å². The summed E-state index contributed by atoms with van der Waals surface area (Å²) in [6, 6.07) is 7.89. The van der Waals surface area contributed by atoms with Gasteiger partial charge in [0, 0.05) is 17.6 Å². The molecule has 0 aliphatic carbocycles. The number of nitrogens with one attached hydrogen (secondary N) is 1. The molecular weight excluding hydrogens is 300 g/mol. The predicted octanol–water partition coefficient (Wildman–Crippen LogP) is 3.25. The second-order valence-corrected chi connectivity index (χ2v) is 5.76. The maximum absolute atomic E-state index is 5.89. The number of hydrogen-bond acceptors (Lipinski definition) is 5. The van der Waals surface area contributed by atoms with Gasteiger partial charge in [-0.25, -0.2) is 4.98 Å². The lowest BCUT2D eigenvalue weighted by Crippen LogP contribution is -2.07. The molecule has 114 valence electrons. The van der Waals surface area contributed by atoms with Gasteiger partial charge in [-0.15, -0.1) is 0 Å². The van der Waals surface area contributed by atoms with Crippen LogP contribution in [0.3, 0.4) is 0 Å². The van der Waals surface area contributed by atoms with Gasteiger partial charge in [0.25, 0.3) is 0 Å². The van der Waals surface area contributed by atoms with Crippen molar-refractivity contribution < 1.29 is 0 Å². The molecule has 0 fully saturated rings. The van der Waals surface area contributed by atoms with Crippen molar-refractivity contribution in [2.24, 2.45) is 0 Å². The number of nitrogens with zero attached hydrogens (tertiary/aromatic N) is 4. The lowest BCUT2D eigenvalue weighted by Gasteiger charge is -2.10. The maximum Gasteiger partial charge on any atom is 0.224 e. The van der Waals surface area contributed by atoms with Crippen LogP contribution in [0.1, 0.15) is 25.5 Å². The Kier molecular flexibility index (Phi) is 3.85. The molecule has 0 radical (unpaired) electrons. The molecule has 1 aromatic carbocycles. The van der Waals surface area contributed by atoms with Gasteiger partial charge < -0.3 is 15.6 Å². The molecule has 0 aliphatic heterocycles. The Labute approximate surface area is 133 Å². The summed E-state index contributed by atoms with van der Waals surface area (Å²) in [7, 11) is 0. The summed E-state index contributed by atoms with van der Waals surface area (Å²) in [5.41, 5.74) is 8.37. The number of halogens is 1. The van der Waals surface area contributed by atoms with E-state index in [1.807, 2.05) is 28.8 Å². The first-order valence-corrected chi connectivity index (χ1v) is 7.41. The van der Waals surface area contributed by atoms with Gasteiger partial charge in [-0.1, -0.05) is 23.7 Å². The van der Waals surface area contributed by atoms with Crippen molar-refractivity contribution in [1.29, 1.82) is 0 Å². The summed E-state index contributed by atoms with van der Waals surface area (Å²) in [6.45, 7) is 4.75. The molecular formula is C15H17ClN6. The number of aromatic nitrogens is 4. The van der Waals surface area contributed by atoms with Crippen molar-refractivity contribution in [3.8, 4) is 0 Å². The first-order chi connectivity index (χ1) is 10.5. The molecule has 0 unspecified atom stereocenters. The Balaban J connectivity index is 1.91. The molecule has 0 spiro atoms. The monoisotopic (exact) mass is 316 g/mol. The summed E-state index contributed by atoms with van der Waals surface area (Å²) in [5.74, 6) is 0.866. The van der Waals surface area contributed by atoms with Crippen LogP contribution in [0.25, 0.3) is 11.2 Å². The van der Waals surface area contributed by atoms with Crippen LogP contribution in [0.15, 0.2) is 30.6 Å². The highest BCUT2D eigenvalue weighted by Crippen LogP contribution is 2.23. The van der Waals surface area contributed by atoms with E-state index >= 15 is 0 Å². The van der Waals surface area contributed by atoms with Gasteiger partial charge in [-0.2, -0.15) is 9.97 Å². The molecule has 3 N–H and O–H groups in total. The van der Waals surface area contributed by atoms with Gasteiger partial charge in [0.15, 0.2) is 17.0 Å². The van der Waals surface area contributed by atoms with Crippen LogP contribution in [-0.4, -0.2) is 19.5 Å². The fraction of sp³-hybridized carbons (Fsp3) is 0.267. The van der Waals surface area contributed by atoms with Crippen LogP contribution in [0.2, 0.25) is 5.02 Å². The zero-order valence-electron chi connectivity index (χ0n) is 12.4. The molecule has 3 rings (SSSR count). The van der Waals surface area contributed by atoms with Crippen molar-refractivity contribution in [1.82, 2.24) is 19.5 Å². The number of rotatable bonds is 4. The fourth-order valence-electron chi connectivity index (χ4n) is 2.22. The van der Waals surface area contributed by atoms with Crippen LogP contribution in [0.4, 0.5) is 11.8 Å². The molecule has 2 heterocycles. The molecule has 0 atom stereocenters. The van der Waals surface area contributed by atoms with Gasteiger partial charge in [-0.05, 0) is 31.5 Å². The topological polar surface area (TPSA) is 81.7 Å². The molecule has 3 aromatic rings. The van der Waals surface area contributed by atoms with E-state index in [1.54, 1.807) is 6.33 Å². The molecule has 0 bridgehead atoms. The lowest BCUT2D eigenvalue weighted by atomic mass is 10.2. The van der Waals surface area contributed by atoms with E-state index in [0.717, 1.165) is 16.7 Å². The van der Waals surface area contributed by atoms with Gasteiger partial charge in [0.05, 0.1) is 6.33 Å². The minimum atomic E-state index is 0.230. The van der Waals surface area contributed by atoms with Crippen LogP contribution in [0.5, 0.6) is 0 Å². The van der Waals surface area contributed by atoms with Crippen molar-refractivity contribution in [2.75, 3.05) is 11.1 Å². The maximum atomic E-state index is 5.89. The zero-order valence-corrected chi connectivity index (χ0v) is 13.2. The minimum absolute atomic E-state index is 0.230. The van der Waals surface area contributed by atoms with Gasteiger partial charge in [0.2, 0.25) is 5.95 Å². The first kappa shape index (κ1) is 14.6. The van der Waals surface area contributed by atoms with E-state index in [9.17, 15) is 0 Å². The number of benzene rings is 1. The number of fused-ring (bicyclic) bond motifs is 1. The van der Waals surface area contributed by atoms with E-state index in [1.165, 1.54) is 0 Å². The first-order valence-electron chi connectivity index (χ1n) is 7.03. The van der Waals surface area contributed by atoms with Crippen LogP contribution in [-0.2, 0) is 6.54 Å². The summed E-state index contributed by atoms with van der Waals surface area (Å²) < 4.78 is 1.97. The Morgan fingerprint density at radius 1 is 1.23 bits per heavy atom. The van der Waals surface area contributed by atoms with E-state index in [4.69, 9.17) is 17.3 Å². The average Bonchev–Trinajstić information content (AvgIpc) is 2.90. The fourth-order valence-corrected chi connectivity index (χ4v) is 2.35. The molecule has 0 saturated carbocycles. The van der Waals surface area contributed by atoms with Crippen molar-refractivity contribution in [3.05, 3.63) is 41.2 Å². The predicted molar refractivity (Wildman–Crippen MR) is 88.9 cm³/mol. The number of nitrogen functional groups attached to an aromatic ring is 1. The third kappa shape index (κ3) is 2.82. The van der Waals surface area contributed by atoms with Crippen LogP contribution < -0.4 is 11.1 Å². The Morgan fingerprint density at radius 3 is 2.64 bits per heavy atom. The molecule has 0 amide bonds. The lowest BCUT2D eigenvalue weighted by molar-refractivity contribution is 0.613. The highest BCUT2D eigenvalue weighted by atomic mass is 35.5. The zero-order chi connectivity index (χ0) is 15.7. The van der Waals surface area contributed by atoms with E-state index in [-0.39, 0.29) is 12.0 Å². The highest BCUT2D eigenvalue weighted by Gasteiger charge is 2.13. The Bertz CT molecular complexity index is 794. The summed E-state index contributed by atoms with van der Waals surface area (Å²) in [5, 5.41) is 3.98. The summed E-state index contributed by atoms with van der Waals surface area (Å²) >= 11 is 5.89. The second kappa shape index (κ2) is 5.81. The van der Waals surface area contributed by atoms with Crippen LogP contribution >= 0.6 is 11.6 Å². The van der Waals surface area contributed by atoms with Gasteiger partial charge >= 0.3 is 0 Å². The van der Waals surface area contributed by atoms with Gasteiger partial charge in [0.1, 0.15) is 0 Å². The third-order valence-electron chi connectivity index (χ3n) is 3.37. The molecule has 7 heteroatoms. The Hall–Kier alpha value is -2.34. The van der Waals surface area contributed by atoms with Crippen molar-refractivity contribution in [3.63, 3.8) is 0 Å². The number of anilines is 2. The van der Waals surface area contributed by atoms with E-state index in [2.05, 4.69) is 34.1 Å². The minimum Gasteiger partial charge on any atom is -0.368 e. The highest BCUT2D eigenvalue weighted by molar-refractivity contribution is 6.30. The molecule has 6 nitrogen and oxygen atoms in total. The number of nitrogens with two attached hydrogens (primary N) is 1. The molecule has 0 aliphatic rings. The SMILES string of the molecule is CC(C)n1cnc2c(NCc3ccc(Cl)cc3)nc(N)nc21. The van der Waals surface area contributed by atoms with Gasteiger partial charge in [-0.3, -0.25) is 0 Å². The van der Waals surface area contributed by atoms with E-state index < -0.39 is 0 Å². The second-order valence-electron chi connectivity index (χ2n) is 5.33. The van der Waals surface area contributed by atoms with Crippen molar-refractivity contribution in [2.45, 2.75) is 26.4 Å². The number of hydrogen-bond donors (Lipinski definition) is 2. The molecule has 22 heavy (non-hydrogen) atoms. The average molecular weight is 317 g/mol. The Morgan fingerprint density at radius 2 is 1.95 bits per heavy atom. The smallest absolute Gasteiger partial charge is 0.224 e. The standard InChI is InChI=1S/C15H17ClN6/c1-9(2)22-8-19-12-13(20-15(17)21-14(12)22)18-7-10-3-5-11(16)6-4-10/h3-6,8-9H,7H2,1-2H3,(H3,17,18,20,21).